The monoisotopic (exact) mass is 486 g/mol. The van der Waals surface area contributed by atoms with Crippen molar-refractivity contribution in [2.75, 3.05) is 51.6 Å². The molecule has 2 aliphatic heterocycles. The second-order valence-electron chi connectivity index (χ2n) is 10.9. The molecule has 1 saturated carbocycles. The van der Waals surface area contributed by atoms with Crippen molar-refractivity contribution < 1.29 is 4.79 Å². The molecule has 1 amide bonds. The summed E-state index contributed by atoms with van der Waals surface area (Å²) in [4.78, 5) is 20.5. The van der Waals surface area contributed by atoms with Gasteiger partial charge in [0.2, 0.25) is 5.91 Å². The number of nitrogens with one attached hydrogen (secondary N) is 1. The van der Waals surface area contributed by atoms with Crippen molar-refractivity contribution in [2.24, 2.45) is 5.92 Å². The Labute approximate surface area is 217 Å². The van der Waals surface area contributed by atoms with Gasteiger partial charge in [-0.3, -0.25) is 9.69 Å². The highest BCUT2D eigenvalue weighted by Gasteiger charge is 2.27. The van der Waals surface area contributed by atoms with E-state index in [4.69, 9.17) is 0 Å². The molecular weight excluding hydrogens is 444 g/mol. The summed E-state index contributed by atoms with van der Waals surface area (Å²) in [6.07, 6.45) is 11.7. The zero-order chi connectivity index (χ0) is 24.7. The normalized spacial score (nSPS) is 20.5. The van der Waals surface area contributed by atoms with E-state index in [-0.39, 0.29) is 5.91 Å². The van der Waals surface area contributed by atoms with Gasteiger partial charge in [-0.25, -0.2) is 0 Å². The highest BCUT2D eigenvalue weighted by Crippen LogP contribution is 2.33. The standard InChI is InChI=1S/C31H42N4O/c1-33-18-7-12-28(33)16-21-35(19-6-10-25-8-3-2-4-9-25)31(36)22-32-30-13-5-11-27-24-34(20-17-29(27)30)23-26-14-15-26/h2-6,8-11,13,26,28,32H,7,12,14-24H2,1H3. The lowest BCUT2D eigenvalue weighted by atomic mass is 9.97. The number of anilines is 1. The molecule has 1 aliphatic carbocycles. The van der Waals surface area contributed by atoms with E-state index in [1.165, 1.54) is 55.5 Å². The summed E-state index contributed by atoms with van der Waals surface area (Å²) in [5, 5.41) is 3.52. The highest BCUT2D eigenvalue weighted by atomic mass is 16.2. The molecule has 1 N–H and O–H groups in total. The molecule has 0 spiro atoms. The van der Waals surface area contributed by atoms with Gasteiger partial charge in [0, 0.05) is 44.5 Å². The molecule has 3 aliphatic rings. The van der Waals surface area contributed by atoms with Crippen LogP contribution < -0.4 is 5.32 Å². The smallest absolute Gasteiger partial charge is 0.242 e. The summed E-state index contributed by atoms with van der Waals surface area (Å²) < 4.78 is 0. The van der Waals surface area contributed by atoms with Gasteiger partial charge < -0.3 is 15.1 Å². The van der Waals surface area contributed by atoms with Gasteiger partial charge in [0.1, 0.15) is 0 Å². The second-order valence-corrected chi connectivity index (χ2v) is 10.9. The van der Waals surface area contributed by atoms with E-state index in [2.05, 4.69) is 64.6 Å². The molecule has 5 heteroatoms. The molecule has 5 nitrogen and oxygen atoms in total. The third-order valence-electron chi connectivity index (χ3n) is 8.18. The first-order valence-corrected chi connectivity index (χ1v) is 13.9. The van der Waals surface area contributed by atoms with Crippen molar-refractivity contribution in [3.8, 4) is 0 Å². The fourth-order valence-electron chi connectivity index (χ4n) is 5.78. The summed E-state index contributed by atoms with van der Waals surface area (Å²) in [5.74, 6) is 1.11. The molecule has 1 unspecified atom stereocenters. The first-order valence-electron chi connectivity index (χ1n) is 13.9. The van der Waals surface area contributed by atoms with E-state index in [0.29, 0.717) is 19.1 Å². The molecule has 0 bridgehead atoms. The Morgan fingerprint density at radius 1 is 1.08 bits per heavy atom. The maximum absolute atomic E-state index is 13.4. The lowest BCUT2D eigenvalue weighted by Gasteiger charge is -2.30. The van der Waals surface area contributed by atoms with E-state index in [0.717, 1.165) is 44.1 Å². The fourth-order valence-corrected chi connectivity index (χ4v) is 5.78. The number of amides is 1. The van der Waals surface area contributed by atoms with Crippen LogP contribution in [0.1, 0.15) is 48.8 Å². The average molecular weight is 487 g/mol. The third-order valence-corrected chi connectivity index (χ3v) is 8.18. The molecule has 1 atom stereocenters. The Bertz CT molecular complexity index is 1030. The molecular formula is C31H42N4O. The van der Waals surface area contributed by atoms with E-state index in [9.17, 15) is 4.79 Å². The molecule has 5 rings (SSSR count). The van der Waals surface area contributed by atoms with Gasteiger partial charge in [-0.1, -0.05) is 54.6 Å². The van der Waals surface area contributed by atoms with Gasteiger partial charge in [0.15, 0.2) is 0 Å². The first kappa shape index (κ1) is 25.0. The number of likely N-dealkylation sites (tertiary alicyclic amines) is 1. The zero-order valence-corrected chi connectivity index (χ0v) is 21.9. The molecule has 0 radical (unpaired) electrons. The minimum absolute atomic E-state index is 0.178. The molecule has 0 aromatic heterocycles. The van der Waals surface area contributed by atoms with Gasteiger partial charge in [0.05, 0.1) is 6.54 Å². The number of hydrogen-bond donors (Lipinski definition) is 1. The van der Waals surface area contributed by atoms with E-state index < -0.39 is 0 Å². The lowest BCUT2D eigenvalue weighted by Crippen LogP contribution is -2.39. The Hall–Kier alpha value is -2.63. The molecule has 2 aromatic carbocycles. The van der Waals surface area contributed by atoms with E-state index in [1.807, 2.05) is 23.1 Å². The summed E-state index contributed by atoms with van der Waals surface area (Å²) >= 11 is 0. The maximum atomic E-state index is 13.4. The third kappa shape index (κ3) is 6.77. The Morgan fingerprint density at radius 3 is 2.72 bits per heavy atom. The molecule has 2 heterocycles. The first-order chi connectivity index (χ1) is 17.7. The SMILES string of the molecule is CN1CCCC1CCN(CC=Cc1ccccc1)C(=O)CNc1cccc2c1CCN(CC1CC1)C2. The van der Waals surface area contributed by atoms with Crippen LogP contribution in [0.2, 0.25) is 0 Å². The Morgan fingerprint density at radius 2 is 1.94 bits per heavy atom. The number of rotatable bonds is 11. The summed E-state index contributed by atoms with van der Waals surface area (Å²) in [7, 11) is 2.21. The van der Waals surface area contributed by atoms with Crippen molar-refractivity contribution in [1.29, 1.82) is 0 Å². The number of carbonyl (C=O) groups excluding carboxylic acids is 1. The van der Waals surface area contributed by atoms with Crippen LogP contribution >= 0.6 is 0 Å². The molecule has 192 valence electrons. The lowest BCUT2D eigenvalue weighted by molar-refractivity contribution is -0.129. The second kappa shape index (κ2) is 12.1. The minimum atomic E-state index is 0.178. The van der Waals surface area contributed by atoms with Crippen LogP contribution in [0, 0.1) is 5.92 Å². The predicted molar refractivity (Wildman–Crippen MR) is 149 cm³/mol. The molecule has 36 heavy (non-hydrogen) atoms. The van der Waals surface area contributed by atoms with E-state index in [1.54, 1.807) is 0 Å². The van der Waals surface area contributed by atoms with Gasteiger partial charge >= 0.3 is 0 Å². The molecule has 2 fully saturated rings. The van der Waals surface area contributed by atoms with Crippen LogP contribution in [0.4, 0.5) is 5.69 Å². The van der Waals surface area contributed by atoms with Crippen LogP contribution in [0.3, 0.4) is 0 Å². The minimum Gasteiger partial charge on any atom is -0.376 e. The summed E-state index contributed by atoms with van der Waals surface area (Å²) in [6.45, 7) is 6.39. The maximum Gasteiger partial charge on any atom is 0.242 e. The van der Waals surface area contributed by atoms with Gasteiger partial charge in [-0.15, -0.1) is 0 Å². The van der Waals surface area contributed by atoms with Crippen LogP contribution in [-0.2, 0) is 17.8 Å². The predicted octanol–water partition coefficient (Wildman–Crippen LogP) is 4.89. The number of hydrogen-bond acceptors (Lipinski definition) is 4. The van der Waals surface area contributed by atoms with Gasteiger partial charge in [-0.2, -0.15) is 0 Å². The van der Waals surface area contributed by atoms with Crippen LogP contribution in [-0.4, -0.2) is 73.0 Å². The molecule has 1 saturated heterocycles. The van der Waals surface area contributed by atoms with Gasteiger partial charge in [0.25, 0.3) is 0 Å². The van der Waals surface area contributed by atoms with Gasteiger partial charge in [-0.05, 0) is 80.8 Å². The van der Waals surface area contributed by atoms with Crippen molar-refractivity contribution >= 4 is 17.7 Å². The van der Waals surface area contributed by atoms with Crippen LogP contribution in [0.25, 0.3) is 6.08 Å². The van der Waals surface area contributed by atoms with Crippen LogP contribution in [0.5, 0.6) is 0 Å². The largest absolute Gasteiger partial charge is 0.376 e. The number of fused-ring (bicyclic) bond motifs is 1. The average Bonchev–Trinajstić information content (AvgIpc) is 3.62. The quantitative estimate of drug-likeness (QED) is 0.491. The number of nitrogens with zero attached hydrogens (tertiary/aromatic N) is 3. The topological polar surface area (TPSA) is 38.8 Å². The Kier molecular flexibility index (Phi) is 8.40. The fraction of sp³-hybridized carbons (Fsp3) is 0.516. The van der Waals surface area contributed by atoms with Crippen molar-refractivity contribution in [3.05, 3.63) is 71.3 Å². The Balaban J connectivity index is 1.20. The number of carbonyl (C=O) groups is 1. The van der Waals surface area contributed by atoms with E-state index >= 15 is 0 Å². The molecule has 2 aromatic rings. The van der Waals surface area contributed by atoms with Crippen LogP contribution in [0.15, 0.2) is 54.6 Å². The highest BCUT2D eigenvalue weighted by molar-refractivity contribution is 5.81. The number of benzene rings is 2. The summed E-state index contributed by atoms with van der Waals surface area (Å²) in [5.41, 5.74) is 5.14. The van der Waals surface area contributed by atoms with Crippen molar-refractivity contribution in [3.63, 3.8) is 0 Å². The van der Waals surface area contributed by atoms with Crippen molar-refractivity contribution in [1.82, 2.24) is 14.7 Å². The van der Waals surface area contributed by atoms with Crippen molar-refractivity contribution in [2.45, 2.75) is 51.1 Å². The summed E-state index contributed by atoms with van der Waals surface area (Å²) in [6, 6.07) is 17.5. The zero-order valence-electron chi connectivity index (χ0n) is 21.9.